The van der Waals surface area contributed by atoms with E-state index in [9.17, 15) is 9.90 Å². The third-order valence-corrected chi connectivity index (χ3v) is 5.89. The maximum atomic E-state index is 12.4. The summed E-state index contributed by atoms with van der Waals surface area (Å²) in [5.41, 5.74) is 5.63. The lowest BCUT2D eigenvalue weighted by molar-refractivity contribution is -0.148. The van der Waals surface area contributed by atoms with E-state index in [1.54, 1.807) is 0 Å². The summed E-state index contributed by atoms with van der Waals surface area (Å²) in [4.78, 5) is 12.4. The van der Waals surface area contributed by atoms with E-state index in [1.807, 2.05) is 13.8 Å². The molecule has 1 aliphatic rings. The zero-order valence-corrected chi connectivity index (χ0v) is 16.2. The second-order valence-corrected chi connectivity index (χ2v) is 8.22. The molecule has 0 aromatic rings. The van der Waals surface area contributed by atoms with Gasteiger partial charge in [-0.15, -0.1) is 0 Å². The number of carbonyl (C=O) groups is 1. The van der Waals surface area contributed by atoms with Crippen molar-refractivity contribution in [3.8, 4) is 0 Å². The summed E-state index contributed by atoms with van der Waals surface area (Å²) in [6, 6.07) is 0. The van der Waals surface area contributed by atoms with Crippen molar-refractivity contribution in [3.05, 3.63) is 0 Å². The molecule has 0 unspecified atom stereocenters. The highest BCUT2D eigenvalue weighted by molar-refractivity contribution is 5.80. The van der Waals surface area contributed by atoms with Crippen molar-refractivity contribution in [1.29, 1.82) is 0 Å². The van der Waals surface area contributed by atoms with Gasteiger partial charge in [-0.1, -0.05) is 59.3 Å². The highest BCUT2D eigenvalue weighted by atomic mass is 16.5. The lowest BCUT2D eigenvalue weighted by Gasteiger charge is -2.33. The van der Waals surface area contributed by atoms with Crippen LogP contribution in [0.3, 0.4) is 0 Å². The Kier molecular flexibility index (Phi) is 9.28. The highest BCUT2D eigenvalue weighted by Gasteiger charge is 2.38. The standard InChI is InChI=1S/C20H39NO3/c1-5-16(13-18(22)15(2)3)14-20(21,19(23)24-4)12-11-17-9-7-6-8-10-17/h15-18,22H,5-14,21H2,1-4H3/t16-,18+,20+/m0/s1. The summed E-state index contributed by atoms with van der Waals surface area (Å²) in [6.07, 6.45) is 10.1. The maximum Gasteiger partial charge on any atom is 0.325 e. The number of ether oxygens (including phenoxy) is 1. The maximum absolute atomic E-state index is 12.4. The van der Waals surface area contributed by atoms with Gasteiger partial charge in [0.25, 0.3) is 0 Å². The molecule has 0 spiro atoms. The van der Waals surface area contributed by atoms with Crippen LogP contribution in [0.1, 0.15) is 85.0 Å². The van der Waals surface area contributed by atoms with E-state index in [4.69, 9.17) is 10.5 Å². The van der Waals surface area contributed by atoms with E-state index >= 15 is 0 Å². The molecule has 0 bridgehead atoms. The van der Waals surface area contributed by atoms with E-state index in [0.29, 0.717) is 25.2 Å². The first-order valence-electron chi connectivity index (χ1n) is 9.87. The minimum Gasteiger partial charge on any atom is -0.468 e. The molecule has 0 amide bonds. The number of methoxy groups -OCH3 is 1. The van der Waals surface area contributed by atoms with Gasteiger partial charge >= 0.3 is 5.97 Å². The molecular weight excluding hydrogens is 302 g/mol. The van der Waals surface area contributed by atoms with Crippen LogP contribution < -0.4 is 5.73 Å². The Hall–Kier alpha value is -0.610. The molecule has 0 aliphatic heterocycles. The Morgan fingerprint density at radius 2 is 1.92 bits per heavy atom. The zero-order valence-electron chi connectivity index (χ0n) is 16.2. The van der Waals surface area contributed by atoms with Gasteiger partial charge in [0.05, 0.1) is 13.2 Å². The Morgan fingerprint density at radius 3 is 2.42 bits per heavy atom. The predicted octanol–water partition coefficient (Wildman–Crippen LogP) is 4.04. The van der Waals surface area contributed by atoms with Gasteiger partial charge in [-0.05, 0) is 43.4 Å². The number of esters is 1. The first-order valence-corrected chi connectivity index (χ1v) is 9.87. The van der Waals surface area contributed by atoms with Crippen molar-refractivity contribution >= 4 is 5.97 Å². The first-order chi connectivity index (χ1) is 11.3. The molecule has 1 aliphatic carbocycles. The van der Waals surface area contributed by atoms with Gasteiger partial charge in [-0.2, -0.15) is 0 Å². The number of aliphatic hydroxyl groups is 1. The molecule has 4 nitrogen and oxygen atoms in total. The molecule has 3 atom stereocenters. The van der Waals surface area contributed by atoms with Gasteiger partial charge in [-0.25, -0.2) is 0 Å². The minimum absolute atomic E-state index is 0.228. The lowest BCUT2D eigenvalue weighted by Crippen LogP contribution is -2.50. The number of hydrogen-bond acceptors (Lipinski definition) is 4. The molecule has 4 heteroatoms. The van der Waals surface area contributed by atoms with Gasteiger partial charge in [0, 0.05) is 0 Å². The molecule has 142 valence electrons. The lowest BCUT2D eigenvalue weighted by atomic mass is 9.77. The fourth-order valence-corrected chi connectivity index (χ4v) is 3.95. The first kappa shape index (κ1) is 21.4. The van der Waals surface area contributed by atoms with Crippen LogP contribution in [-0.4, -0.2) is 29.8 Å². The van der Waals surface area contributed by atoms with Crippen molar-refractivity contribution in [2.45, 2.75) is 96.6 Å². The van der Waals surface area contributed by atoms with E-state index in [2.05, 4.69) is 6.92 Å². The van der Waals surface area contributed by atoms with Crippen molar-refractivity contribution in [2.75, 3.05) is 7.11 Å². The highest BCUT2D eigenvalue weighted by Crippen LogP contribution is 2.33. The monoisotopic (exact) mass is 341 g/mol. The summed E-state index contributed by atoms with van der Waals surface area (Å²) in [5.74, 6) is 0.882. The molecule has 3 N–H and O–H groups in total. The van der Waals surface area contributed by atoms with Crippen molar-refractivity contribution in [1.82, 2.24) is 0 Å². The smallest absolute Gasteiger partial charge is 0.325 e. The molecule has 1 fully saturated rings. The zero-order chi connectivity index (χ0) is 18.2. The predicted molar refractivity (Wildman–Crippen MR) is 98.6 cm³/mol. The van der Waals surface area contributed by atoms with Crippen LogP contribution >= 0.6 is 0 Å². The number of nitrogens with two attached hydrogens (primary N) is 1. The summed E-state index contributed by atoms with van der Waals surface area (Å²) in [6.45, 7) is 6.16. The molecule has 0 aromatic heterocycles. The molecule has 1 rings (SSSR count). The van der Waals surface area contributed by atoms with Crippen LogP contribution in [0.15, 0.2) is 0 Å². The number of carbonyl (C=O) groups excluding carboxylic acids is 1. The third kappa shape index (κ3) is 6.72. The Bertz CT molecular complexity index is 366. The van der Waals surface area contributed by atoms with Crippen LogP contribution in [0.5, 0.6) is 0 Å². The van der Waals surface area contributed by atoms with Crippen molar-refractivity contribution in [2.24, 2.45) is 23.5 Å². The average Bonchev–Trinajstić information content (AvgIpc) is 2.59. The summed E-state index contributed by atoms with van der Waals surface area (Å²) >= 11 is 0. The average molecular weight is 342 g/mol. The van der Waals surface area contributed by atoms with Gasteiger partial charge in [0.15, 0.2) is 0 Å². The second-order valence-electron chi connectivity index (χ2n) is 8.22. The van der Waals surface area contributed by atoms with Crippen LogP contribution in [0.2, 0.25) is 0 Å². The largest absolute Gasteiger partial charge is 0.468 e. The SMILES string of the molecule is CC[C@@H](C[C@@H](O)C(C)C)C[C@](N)(CCC1CCCCC1)C(=O)OC. The molecule has 24 heavy (non-hydrogen) atoms. The Balaban J connectivity index is 2.68. The van der Waals surface area contributed by atoms with Gasteiger partial charge in [0.1, 0.15) is 5.54 Å². The number of aliphatic hydroxyl groups excluding tert-OH is 1. The van der Waals surface area contributed by atoms with Crippen LogP contribution in [-0.2, 0) is 9.53 Å². The number of hydrogen-bond donors (Lipinski definition) is 2. The van der Waals surface area contributed by atoms with Crippen LogP contribution in [0.4, 0.5) is 0 Å². The minimum atomic E-state index is -0.913. The molecule has 0 aromatic carbocycles. The van der Waals surface area contributed by atoms with Gasteiger partial charge in [0.2, 0.25) is 0 Å². The molecule has 0 saturated heterocycles. The summed E-state index contributed by atoms with van der Waals surface area (Å²) in [7, 11) is 1.43. The van der Waals surface area contributed by atoms with E-state index in [-0.39, 0.29) is 23.9 Å². The second kappa shape index (κ2) is 10.4. The molecule has 1 saturated carbocycles. The topological polar surface area (TPSA) is 72.5 Å². The Morgan fingerprint density at radius 1 is 1.29 bits per heavy atom. The van der Waals surface area contributed by atoms with Crippen LogP contribution in [0.25, 0.3) is 0 Å². The van der Waals surface area contributed by atoms with E-state index in [1.165, 1.54) is 39.2 Å². The fourth-order valence-electron chi connectivity index (χ4n) is 3.95. The van der Waals surface area contributed by atoms with E-state index in [0.717, 1.165) is 12.8 Å². The van der Waals surface area contributed by atoms with Gasteiger partial charge < -0.3 is 15.6 Å². The third-order valence-electron chi connectivity index (χ3n) is 5.89. The van der Waals surface area contributed by atoms with Crippen LogP contribution in [0, 0.1) is 17.8 Å². The fraction of sp³-hybridized carbons (Fsp3) is 0.950. The van der Waals surface area contributed by atoms with Crippen molar-refractivity contribution < 1.29 is 14.6 Å². The molecular formula is C20H39NO3. The summed E-state index contributed by atoms with van der Waals surface area (Å²) < 4.78 is 5.03. The summed E-state index contributed by atoms with van der Waals surface area (Å²) in [5, 5.41) is 10.2. The quantitative estimate of drug-likeness (QED) is 0.588. The Labute approximate surface area is 148 Å². The number of rotatable bonds is 10. The van der Waals surface area contributed by atoms with Crippen molar-refractivity contribution in [3.63, 3.8) is 0 Å². The van der Waals surface area contributed by atoms with Gasteiger partial charge in [-0.3, -0.25) is 4.79 Å². The molecule has 0 radical (unpaired) electrons. The normalized spacial score (nSPS) is 21.3. The van der Waals surface area contributed by atoms with E-state index < -0.39 is 5.54 Å². The molecule has 0 heterocycles.